The van der Waals surface area contributed by atoms with Gasteiger partial charge in [-0.1, -0.05) is 0 Å². The molecule has 98 valence electrons. The summed E-state index contributed by atoms with van der Waals surface area (Å²) in [6, 6.07) is 9.26. The first-order valence-corrected chi connectivity index (χ1v) is 5.40. The summed E-state index contributed by atoms with van der Waals surface area (Å²) in [5.74, 6) is -0.100. The number of phenols is 1. The van der Waals surface area contributed by atoms with Crippen LogP contribution in [0.15, 0.2) is 42.5 Å². The van der Waals surface area contributed by atoms with Gasteiger partial charge in [-0.15, -0.1) is 0 Å². The van der Waals surface area contributed by atoms with E-state index in [1.807, 2.05) is 0 Å². The maximum Gasteiger partial charge on any atom is 0.272 e. The number of benzene rings is 2. The Morgan fingerprint density at radius 3 is 2.53 bits per heavy atom. The summed E-state index contributed by atoms with van der Waals surface area (Å²) in [4.78, 5) is 9.93. The molecule has 2 rings (SSSR count). The van der Waals surface area contributed by atoms with Gasteiger partial charge in [0.25, 0.3) is 5.69 Å². The number of aromatic hydroxyl groups is 1. The lowest BCUT2D eigenvalue weighted by Gasteiger charge is -2.06. The van der Waals surface area contributed by atoms with Crippen LogP contribution in [0.5, 0.6) is 11.5 Å². The normalized spacial score (nSPS) is 10.2. The second kappa shape index (κ2) is 5.34. The number of rotatable bonds is 4. The van der Waals surface area contributed by atoms with Crippen LogP contribution in [0.2, 0.25) is 0 Å². The lowest BCUT2D eigenvalue weighted by atomic mass is 10.2. The van der Waals surface area contributed by atoms with Gasteiger partial charge in [0.2, 0.25) is 0 Å². The van der Waals surface area contributed by atoms with Gasteiger partial charge in [-0.2, -0.15) is 0 Å². The number of halogens is 1. The Bertz CT molecular complexity index is 598. The van der Waals surface area contributed by atoms with Crippen molar-refractivity contribution in [3.8, 4) is 11.5 Å². The van der Waals surface area contributed by atoms with Crippen molar-refractivity contribution >= 4 is 5.69 Å². The molecule has 0 bridgehead atoms. The number of phenolic OH excluding ortho intramolecular Hbond substituents is 1. The Hall–Kier alpha value is -2.63. The van der Waals surface area contributed by atoms with Crippen LogP contribution in [0.25, 0.3) is 0 Å². The SMILES string of the molecule is O=[N+]([O-])c1cc(F)cc(COc2ccc(O)cc2)c1. The van der Waals surface area contributed by atoms with Crippen LogP contribution in [0, 0.1) is 15.9 Å². The molecule has 2 aromatic rings. The predicted octanol–water partition coefficient (Wildman–Crippen LogP) is 3.02. The zero-order chi connectivity index (χ0) is 13.8. The van der Waals surface area contributed by atoms with Crippen LogP contribution in [0.4, 0.5) is 10.1 Å². The number of nitro benzene ring substituents is 1. The Morgan fingerprint density at radius 1 is 1.21 bits per heavy atom. The molecule has 0 saturated heterocycles. The van der Waals surface area contributed by atoms with Crippen LogP contribution in [-0.2, 0) is 6.61 Å². The van der Waals surface area contributed by atoms with Crippen LogP contribution in [0.1, 0.15) is 5.56 Å². The Kier molecular flexibility index (Phi) is 3.61. The summed E-state index contributed by atoms with van der Waals surface area (Å²) < 4.78 is 18.5. The third kappa shape index (κ3) is 3.41. The van der Waals surface area contributed by atoms with E-state index in [4.69, 9.17) is 9.84 Å². The van der Waals surface area contributed by atoms with E-state index in [1.54, 1.807) is 12.1 Å². The zero-order valence-electron chi connectivity index (χ0n) is 9.75. The van der Waals surface area contributed by atoms with Crippen molar-refractivity contribution in [3.05, 3.63) is 64.0 Å². The average Bonchev–Trinajstić information content (AvgIpc) is 2.37. The fourth-order valence-electron chi connectivity index (χ4n) is 1.53. The Morgan fingerprint density at radius 2 is 1.89 bits per heavy atom. The highest BCUT2D eigenvalue weighted by atomic mass is 19.1. The highest BCUT2D eigenvalue weighted by Crippen LogP contribution is 2.20. The summed E-state index contributed by atoms with van der Waals surface area (Å²) >= 11 is 0. The number of hydrogen-bond donors (Lipinski definition) is 1. The molecule has 0 aliphatic rings. The van der Waals surface area contributed by atoms with Gasteiger partial charge in [-0.05, 0) is 35.9 Å². The number of nitro groups is 1. The molecule has 0 unspecified atom stereocenters. The first kappa shape index (κ1) is 12.8. The summed E-state index contributed by atoms with van der Waals surface area (Å²) in [7, 11) is 0. The van der Waals surface area contributed by atoms with Crippen molar-refractivity contribution in [1.82, 2.24) is 0 Å². The van der Waals surface area contributed by atoms with E-state index in [0.717, 1.165) is 6.07 Å². The number of hydrogen-bond acceptors (Lipinski definition) is 4. The number of nitrogens with zero attached hydrogens (tertiary/aromatic N) is 1. The van der Waals surface area contributed by atoms with Gasteiger partial charge in [0.05, 0.1) is 11.0 Å². The van der Waals surface area contributed by atoms with E-state index in [-0.39, 0.29) is 18.0 Å². The van der Waals surface area contributed by atoms with Crippen LogP contribution in [0.3, 0.4) is 0 Å². The van der Waals surface area contributed by atoms with Gasteiger partial charge >= 0.3 is 0 Å². The largest absolute Gasteiger partial charge is 0.508 e. The molecule has 2 aromatic carbocycles. The maximum atomic E-state index is 13.2. The van der Waals surface area contributed by atoms with Crippen molar-refractivity contribution in [3.63, 3.8) is 0 Å². The predicted molar refractivity (Wildman–Crippen MR) is 65.5 cm³/mol. The fourth-order valence-corrected chi connectivity index (χ4v) is 1.53. The molecule has 0 amide bonds. The second-order valence-electron chi connectivity index (χ2n) is 3.86. The first-order chi connectivity index (χ1) is 9.04. The molecule has 0 radical (unpaired) electrons. The van der Waals surface area contributed by atoms with Crippen molar-refractivity contribution < 1.29 is 19.2 Å². The smallest absolute Gasteiger partial charge is 0.272 e. The third-order valence-corrected chi connectivity index (χ3v) is 2.40. The monoisotopic (exact) mass is 263 g/mol. The summed E-state index contributed by atoms with van der Waals surface area (Å²) in [5, 5.41) is 19.7. The summed E-state index contributed by atoms with van der Waals surface area (Å²) in [6.07, 6.45) is 0. The topological polar surface area (TPSA) is 72.6 Å². The minimum atomic E-state index is -0.682. The minimum absolute atomic E-state index is 0.00335. The fraction of sp³-hybridized carbons (Fsp3) is 0.0769. The molecular formula is C13H10FNO4. The van der Waals surface area contributed by atoms with Crippen molar-refractivity contribution in [2.45, 2.75) is 6.61 Å². The molecule has 0 saturated carbocycles. The molecule has 0 fully saturated rings. The molecule has 5 nitrogen and oxygen atoms in total. The van der Waals surface area contributed by atoms with E-state index in [9.17, 15) is 14.5 Å². The molecule has 6 heteroatoms. The molecule has 1 N–H and O–H groups in total. The van der Waals surface area contributed by atoms with Crippen LogP contribution >= 0.6 is 0 Å². The van der Waals surface area contributed by atoms with E-state index in [2.05, 4.69) is 0 Å². The lowest BCUT2D eigenvalue weighted by Crippen LogP contribution is -1.98. The van der Waals surface area contributed by atoms with E-state index in [1.165, 1.54) is 24.3 Å². The summed E-state index contributed by atoms with van der Waals surface area (Å²) in [5.41, 5.74) is 0.0454. The Labute approximate surface area is 108 Å². The zero-order valence-corrected chi connectivity index (χ0v) is 9.75. The molecule has 0 spiro atoms. The van der Waals surface area contributed by atoms with Crippen LogP contribution in [-0.4, -0.2) is 10.0 Å². The van der Waals surface area contributed by atoms with Gasteiger partial charge in [-0.3, -0.25) is 10.1 Å². The Balaban J connectivity index is 2.11. The first-order valence-electron chi connectivity index (χ1n) is 5.40. The second-order valence-corrected chi connectivity index (χ2v) is 3.86. The van der Waals surface area contributed by atoms with E-state index in [0.29, 0.717) is 11.3 Å². The quantitative estimate of drug-likeness (QED) is 0.679. The highest BCUT2D eigenvalue weighted by molar-refractivity contribution is 5.35. The average molecular weight is 263 g/mol. The number of ether oxygens (including phenoxy) is 1. The van der Waals surface area contributed by atoms with Gasteiger partial charge in [0.1, 0.15) is 23.9 Å². The molecule has 0 atom stereocenters. The maximum absolute atomic E-state index is 13.2. The lowest BCUT2D eigenvalue weighted by molar-refractivity contribution is -0.385. The van der Waals surface area contributed by atoms with Gasteiger partial charge in [-0.25, -0.2) is 4.39 Å². The molecule has 0 aromatic heterocycles. The molecule has 0 heterocycles. The molecule has 19 heavy (non-hydrogen) atoms. The molecular weight excluding hydrogens is 253 g/mol. The van der Waals surface area contributed by atoms with Crippen molar-refractivity contribution in [2.75, 3.05) is 0 Å². The van der Waals surface area contributed by atoms with Crippen LogP contribution < -0.4 is 4.74 Å². The van der Waals surface area contributed by atoms with Crippen molar-refractivity contribution in [2.24, 2.45) is 0 Å². The van der Waals surface area contributed by atoms with Gasteiger partial charge in [0, 0.05) is 6.07 Å². The van der Waals surface area contributed by atoms with Crippen molar-refractivity contribution in [1.29, 1.82) is 0 Å². The van der Waals surface area contributed by atoms with Gasteiger partial charge in [0.15, 0.2) is 0 Å². The third-order valence-electron chi connectivity index (χ3n) is 2.40. The molecule has 0 aliphatic carbocycles. The highest BCUT2D eigenvalue weighted by Gasteiger charge is 2.10. The van der Waals surface area contributed by atoms with Gasteiger partial charge < -0.3 is 9.84 Å². The minimum Gasteiger partial charge on any atom is -0.508 e. The van der Waals surface area contributed by atoms with E-state index < -0.39 is 10.7 Å². The standard InChI is InChI=1S/C13H10FNO4/c14-10-5-9(6-11(7-10)15(17)18)8-19-13-3-1-12(16)2-4-13/h1-7,16H,8H2. The summed E-state index contributed by atoms with van der Waals surface area (Å²) in [6.45, 7) is 0.00335. The molecule has 0 aliphatic heterocycles. The number of non-ortho nitro benzene ring substituents is 1. The van der Waals surface area contributed by atoms with E-state index >= 15 is 0 Å².